The van der Waals surface area contributed by atoms with Crippen molar-refractivity contribution in [3.05, 3.63) is 35.9 Å². The molecule has 1 aromatic carbocycles. The third kappa shape index (κ3) is 1.92. The van der Waals surface area contributed by atoms with Gasteiger partial charge in [-0.1, -0.05) is 30.3 Å². The van der Waals surface area contributed by atoms with Crippen LogP contribution in [-0.2, 0) is 10.3 Å². The molecule has 0 amide bonds. The first-order valence-electron chi connectivity index (χ1n) is 4.30. The summed E-state index contributed by atoms with van der Waals surface area (Å²) in [6, 6.07) is 8.51. The zero-order valence-electron chi connectivity index (χ0n) is 7.68. The summed E-state index contributed by atoms with van der Waals surface area (Å²) < 4.78 is 0. The second-order valence-corrected chi connectivity index (χ2v) is 3.12. The number of carbonyl (C=O) groups is 1. The van der Waals surface area contributed by atoms with Crippen molar-refractivity contribution in [3.8, 4) is 0 Å². The van der Waals surface area contributed by atoms with Gasteiger partial charge in [0.2, 0.25) is 0 Å². The van der Waals surface area contributed by atoms with E-state index in [2.05, 4.69) is 0 Å². The summed E-state index contributed by atoms with van der Waals surface area (Å²) in [5, 5.41) is 17.7. The molecule has 0 aliphatic rings. The number of carboxylic acids is 1. The van der Waals surface area contributed by atoms with Crippen LogP contribution in [0.4, 0.5) is 0 Å². The number of aliphatic hydroxyl groups is 1. The molecule has 0 aliphatic carbocycles. The number of hydrogen-bond donors (Lipinski definition) is 3. The van der Waals surface area contributed by atoms with E-state index in [0.29, 0.717) is 5.56 Å². The first-order valence-corrected chi connectivity index (χ1v) is 4.30. The zero-order valence-corrected chi connectivity index (χ0v) is 7.68. The van der Waals surface area contributed by atoms with E-state index in [0.717, 1.165) is 0 Å². The third-order valence-electron chi connectivity index (χ3n) is 2.18. The molecule has 4 heteroatoms. The van der Waals surface area contributed by atoms with E-state index in [1.54, 1.807) is 30.3 Å². The number of carboxylic acid groups (broad SMARTS) is 1. The largest absolute Gasteiger partial charge is 0.480 e. The lowest BCUT2D eigenvalue weighted by molar-refractivity contribution is -0.144. The van der Waals surface area contributed by atoms with E-state index < -0.39 is 11.5 Å². The molecule has 0 bridgehead atoms. The van der Waals surface area contributed by atoms with Crippen LogP contribution >= 0.6 is 0 Å². The molecule has 4 nitrogen and oxygen atoms in total. The molecule has 0 saturated heterocycles. The first-order chi connectivity index (χ1) is 6.61. The summed E-state index contributed by atoms with van der Waals surface area (Å²) in [6.45, 7) is -0.252. The monoisotopic (exact) mass is 195 g/mol. The Labute approximate surface area is 82.0 Å². The molecule has 0 fully saturated rings. The van der Waals surface area contributed by atoms with E-state index in [1.165, 1.54) is 0 Å². The molecule has 1 atom stereocenters. The molecule has 0 heterocycles. The van der Waals surface area contributed by atoms with Crippen LogP contribution in [0.1, 0.15) is 12.0 Å². The van der Waals surface area contributed by atoms with Crippen molar-refractivity contribution in [1.82, 2.24) is 0 Å². The Morgan fingerprint density at radius 2 is 1.93 bits per heavy atom. The lowest BCUT2D eigenvalue weighted by Crippen LogP contribution is -2.45. The van der Waals surface area contributed by atoms with Crippen molar-refractivity contribution >= 4 is 5.97 Å². The Balaban J connectivity index is 3.06. The van der Waals surface area contributed by atoms with Gasteiger partial charge in [-0.3, -0.25) is 0 Å². The second kappa shape index (κ2) is 4.21. The van der Waals surface area contributed by atoms with Crippen molar-refractivity contribution < 1.29 is 15.0 Å². The molecule has 1 unspecified atom stereocenters. The number of rotatable bonds is 4. The highest BCUT2D eigenvalue weighted by Crippen LogP contribution is 2.21. The number of aliphatic carboxylic acids is 1. The number of benzene rings is 1. The Morgan fingerprint density at radius 3 is 2.36 bits per heavy atom. The van der Waals surface area contributed by atoms with Gasteiger partial charge in [-0.05, 0) is 5.56 Å². The van der Waals surface area contributed by atoms with Gasteiger partial charge in [0.25, 0.3) is 0 Å². The highest BCUT2D eigenvalue weighted by molar-refractivity contribution is 5.80. The highest BCUT2D eigenvalue weighted by Gasteiger charge is 2.35. The van der Waals surface area contributed by atoms with Crippen molar-refractivity contribution in [2.24, 2.45) is 5.73 Å². The van der Waals surface area contributed by atoms with Crippen LogP contribution in [0, 0.1) is 0 Å². The number of hydrogen-bond acceptors (Lipinski definition) is 3. The summed E-state index contributed by atoms with van der Waals surface area (Å²) >= 11 is 0. The van der Waals surface area contributed by atoms with Crippen molar-refractivity contribution in [2.45, 2.75) is 12.0 Å². The van der Waals surface area contributed by atoms with Crippen molar-refractivity contribution in [2.75, 3.05) is 6.61 Å². The van der Waals surface area contributed by atoms with E-state index in [9.17, 15) is 4.79 Å². The Bertz CT molecular complexity index is 312. The van der Waals surface area contributed by atoms with Crippen LogP contribution in [0.5, 0.6) is 0 Å². The van der Waals surface area contributed by atoms with E-state index in [-0.39, 0.29) is 13.0 Å². The van der Waals surface area contributed by atoms with Gasteiger partial charge >= 0.3 is 5.97 Å². The fourth-order valence-corrected chi connectivity index (χ4v) is 1.29. The smallest absolute Gasteiger partial charge is 0.328 e. The lowest BCUT2D eigenvalue weighted by atomic mass is 9.88. The molecule has 0 radical (unpaired) electrons. The van der Waals surface area contributed by atoms with Crippen LogP contribution in [0.25, 0.3) is 0 Å². The summed E-state index contributed by atoms with van der Waals surface area (Å²) in [5.41, 5.74) is 4.72. The van der Waals surface area contributed by atoms with Crippen molar-refractivity contribution in [3.63, 3.8) is 0 Å². The summed E-state index contributed by atoms with van der Waals surface area (Å²) in [7, 11) is 0. The van der Waals surface area contributed by atoms with Gasteiger partial charge in [0.15, 0.2) is 0 Å². The molecule has 0 aromatic heterocycles. The lowest BCUT2D eigenvalue weighted by Gasteiger charge is -2.24. The minimum atomic E-state index is -1.49. The number of aliphatic hydroxyl groups excluding tert-OH is 1. The van der Waals surface area contributed by atoms with Gasteiger partial charge < -0.3 is 15.9 Å². The standard InChI is InChI=1S/C10H13NO3/c11-10(6-7-12,9(13)14)8-4-2-1-3-5-8/h1-5,12H,6-7,11H2,(H,13,14). The van der Waals surface area contributed by atoms with Crippen molar-refractivity contribution in [1.29, 1.82) is 0 Å². The van der Waals surface area contributed by atoms with Gasteiger partial charge in [0.05, 0.1) is 0 Å². The second-order valence-electron chi connectivity index (χ2n) is 3.12. The Morgan fingerprint density at radius 1 is 1.36 bits per heavy atom. The summed E-state index contributed by atoms with van der Waals surface area (Å²) in [6.07, 6.45) is 0.00630. The molecule has 0 spiro atoms. The summed E-state index contributed by atoms with van der Waals surface area (Å²) in [5.74, 6) is -1.13. The van der Waals surface area contributed by atoms with Crippen LogP contribution in [0.2, 0.25) is 0 Å². The molecule has 14 heavy (non-hydrogen) atoms. The molecule has 0 aliphatic heterocycles. The minimum Gasteiger partial charge on any atom is -0.480 e. The Hall–Kier alpha value is -1.39. The maximum absolute atomic E-state index is 11.0. The quantitative estimate of drug-likeness (QED) is 0.645. The van der Waals surface area contributed by atoms with E-state index in [4.69, 9.17) is 15.9 Å². The highest BCUT2D eigenvalue weighted by atomic mass is 16.4. The predicted molar refractivity (Wildman–Crippen MR) is 51.6 cm³/mol. The SMILES string of the molecule is NC(CCO)(C(=O)O)c1ccccc1. The normalized spacial score (nSPS) is 14.7. The van der Waals surface area contributed by atoms with Gasteiger partial charge in [-0.2, -0.15) is 0 Å². The Kier molecular flexibility index (Phi) is 3.22. The van der Waals surface area contributed by atoms with Gasteiger partial charge in [-0.15, -0.1) is 0 Å². The van der Waals surface area contributed by atoms with Gasteiger partial charge in [0, 0.05) is 13.0 Å². The zero-order chi connectivity index (χ0) is 10.6. The van der Waals surface area contributed by atoms with E-state index >= 15 is 0 Å². The molecule has 0 saturated carbocycles. The van der Waals surface area contributed by atoms with Crippen LogP contribution in [0.15, 0.2) is 30.3 Å². The molecule has 1 aromatic rings. The number of nitrogens with two attached hydrogens (primary N) is 1. The maximum atomic E-state index is 11.0. The van der Waals surface area contributed by atoms with Gasteiger partial charge in [-0.25, -0.2) is 4.79 Å². The van der Waals surface area contributed by atoms with Crippen LogP contribution < -0.4 is 5.73 Å². The summed E-state index contributed by atoms with van der Waals surface area (Å²) in [4.78, 5) is 11.0. The average molecular weight is 195 g/mol. The molecular formula is C10H13NO3. The average Bonchev–Trinajstić information content (AvgIpc) is 2.19. The fourth-order valence-electron chi connectivity index (χ4n) is 1.29. The fraction of sp³-hybridized carbons (Fsp3) is 0.300. The van der Waals surface area contributed by atoms with Crippen LogP contribution in [-0.4, -0.2) is 22.8 Å². The van der Waals surface area contributed by atoms with Gasteiger partial charge in [0.1, 0.15) is 5.54 Å². The van der Waals surface area contributed by atoms with Crippen LogP contribution in [0.3, 0.4) is 0 Å². The molecule has 4 N–H and O–H groups in total. The topological polar surface area (TPSA) is 83.5 Å². The third-order valence-corrected chi connectivity index (χ3v) is 2.18. The van der Waals surface area contributed by atoms with E-state index in [1.807, 2.05) is 0 Å². The maximum Gasteiger partial charge on any atom is 0.328 e. The molecule has 1 rings (SSSR count). The minimum absolute atomic E-state index is 0.00630. The first kappa shape index (κ1) is 10.7. The molecular weight excluding hydrogens is 182 g/mol. The predicted octanol–water partition coefficient (Wildman–Crippen LogP) is 0.308. The molecule has 76 valence electrons.